The molecule has 0 radical (unpaired) electrons. The monoisotopic (exact) mass is 277 g/mol. The van der Waals surface area contributed by atoms with Gasteiger partial charge in [0.25, 0.3) is 0 Å². The van der Waals surface area contributed by atoms with Crippen LogP contribution in [0.1, 0.15) is 51.1 Å². The molecule has 2 atom stereocenters. The molecule has 1 heterocycles. The van der Waals surface area contributed by atoms with E-state index >= 15 is 0 Å². The second-order valence-corrected chi connectivity index (χ2v) is 5.50. The minimum absolute atomic E-state index is 0.0918. The molecule has 4 nitrogen and oxygen atoms in total. The lowest BCUT2D eigenvalue weighted by Gasteiger charge is -2.39. The summed E-state index contributed by atoms with van der Waals surface area (Å²) in [6.45, 7) is 4.85. The molecule has 1 aliphatic heterocycles. The van der Waals surface area contributed by atoms with Crippen LogP contribution in [0.4, 0.5) is 0 Å². The van der Waals surface area contributed by atoms with Crippen molar-refractivity contribution in [1.29, 1.82) is 0 Å². The van der Waals surface area contributed by atoms with Gasteiger partial charge in [0.1, 0.15) is 11.3 Å². The van der Waals surface area contributed by atoms with Crippen LogP contribution in [-0.4, -0.2) is 33.2 Å². The zero-order chi connectivity index (χ0) is 14.8. The highest BCUT2D eigenvalue weighted by molar-refractivity contribution is 5.79. The van der Waals surface area contributed by atoms with Gasteiger partial charge in [-0.1, -0.05) is 26.0 Å². The lowest BCUT2D eigenvalue weighted by molar-refractivity contribution is -0.151. The van der Waals surface area contributed by atoms with Crippen LogP contribution in [0.3, 0.4) is 0 Å². The molecule has 2 rings (SSSR count). The Morgan fingerprint density at radius 1 is 1.35 bits per heavy atom. The van der Waals surface area contributed by atoms with Crippen LogP contribution < -0.4 is 0 Å². The summed E-state index contributed by atoms with van der Waals surface area (Å²) in [5.74, 6) is -0.472. The van der Waals surface area contributed by atoms with Crippen LogP contribution in [0, 0.1) is 0 Å². The van der Waals surface area contributed by atoms with Gasteiger partial charge in [0.15, 0.2) is 0 Å². The minimum Gasteiger partial charge on any atom is -0.508 e. The van der Waals surface area contributed by atoms with Crippen molar-refractivity contribution in [3.05, 3.63) is 29.8 Å². The fraction of sp³-hybridized carbons (Fsp3) is 0.562. The normalized spacial score (nSPS) is 24.7. The molecule has 0 aromatic heterocycles. The highest BCUT2D eigenvalue weighted by Crippen LogP contribution is 2.41. The Bertz CT molecular complexity index is 471. The Hall–Kier alpha value is -1.55. The summed E-state index contributed by atoms with van der Waals surface area (Å²) in [6.07, 6.45) is 3.12. The number of likely N-dealkylation sites (tertiary alicyclic amines) is 1. The van der Waals surface area contributed by atoms with E-state index in [1.165, 1.54) is 0 Å². The zero-order valence-electron chi connectivity index (χ0n) is 12.2. The number of carboxylic acids is 1. The molecule has 0 saturated carbocycles. The first-order valence-corrected chi connectivity index (χ1v) is 7.34. The number of phenolic OH excluding ortho intramolecular Hbond substituents is 1. The van der Waals surface area contributed by atoms with Crippen molar-refractivity contribution in [3.63, 3.8) is 0 Å². The van der Waals surface area contributed by atoms with Crippen LogP contribution in [0.2, 0.25) is 0 Å². The third-order valence-electron chi connectivity index (χ3n) is 4.56. The quantitative estimate of drug-likeness (QED) is 0.868. The molecule has 110 valence electrons. The van der Waals surface area contributed by atoms with Gasteiger partial charge in [-0.25, -0.2) is 0 Å². The number of benzene rings is 1. The van der Waals surface area contributed by atoms with Crippen LogP contribution >= 0.6 is 0 Å². The highest BCUT2D eigenvalue weighted by atomic mass is 16.4. The molecule has 20 heavy (non-hydrogen) atoms. The van der Waals surface area contributed by atoms with Crippen molar-refractivity contribution in [2.24, 2.45) is 0 Å². The molecule has 1 aromatic rings. The fourth-order valence-electron chi connectivity index (χ4n) is 3.45. The van der Waals surface area contributed by atoms with Crippen LogP contribution in [0.5, 0.6) is 5.75 Å². The van der Waals surface area contributed by atoms with Gasteiger partial charge in [0.2, 0.25) is 0 Å². The molecule has 1 aliphatic rings. The van der Waals surface area contributed by atoms with Crippen molar-refractivity contribution < 1.29 is 15.0 Å². The maximum atomic E-state index is 11.8. The number of aliphatic carboxylic acids is 1. The highest BCUT2D eigenvalue weighted by Gasteiger charge is 2.48. The van der Waals surface area contributed by atoms with E-state index in [1.54, 1.807) is 12.1 Å². The van der Waals surface area contributed by atoms with Crippen LogP contribution in [0.15, 0.2) is 24.3 Å². The molecule has 2 unspecified atom stereocenters. The third kappa shape index (κ3) is 2.40. The molecule has 2 N–H and O–H groups in total. The van der Waals surface area contributed by atoms with E-state index in [2.05, 4.69) is 11.8 Å². The number of carboxylic acid groups (broad SMARTS) is 1. The standard InChI is InChI=1S/C16H23NO3/c1-3-14(12-6-8-13(18)9-7-12)17-11-5-10-16(17,4-2)15(19)20/h6-9,14,18H,3-5,10-11H2,1-2H3,(H,19,20). The average molecular weight is 277 g/mol. The number of aromatic hydroxyl groups is 1. The smallest absolute Gasteiger partial charge is 0.324 e. The van der Waals surface area contributed by atoms with E-state index in [9.17, 15) is 15.0 Å². The maximum Gasteiger partial charge on any atom is 0.324 e. The van der Waals surface area contributed by atoms with Gasteiger partial charge in [-0.15, -0.1) is 0 Å². The van der Waals surface area contributed by atoms with Gasteiger partial charge >= 0.3 is 5.97 Å². The molecule has 1 saturated heterocycles. The Morgan fingerprint density at radius 2 is 2.00 bits per heavy atom. The van der Waals surface area contributed by atoms with E-state index in [-0.39, 0.29) is 11.8 Å². The molecule has 1 aromatic carbocycles. The lowest BCUT2D eigenvalue weighted by Crippen LogP contribution is -2.51. The SMILES string of the molecule is CCC(c1ccc(O)cc1)N1CCCC1(CC)C(=O)O. The van der Waals surface area contributed by atoms with Gasteiger partial charge in [-0.05, 0) is 49.9 Å². The van der Waals surface area contributed by atoms with Crippen molar-refractivity contribution in [2.75, 3.05) is 6.54 Å². The van der Waals surface area contributed by atoms with E-state index in [0.717, 1.165) is 24.9 Å². The molecule has 0 spiro atoms. The maximum absolute atomic E-state index is 11.8. The summed E-state index contributed by atoms with van der Waals surface area (Å²) in [6, 6.07) is 7.22. The van der Waals surface area contributed by atoms with Gasteiger partial charge in [0.05, 0.1) is 0 Å². The lowest BCUT2D eigenvalue weighted by atomic mass is 9.90. The Kier molecular flexibility index (Phi) is 4.33. The van der Waals surface area contributed by atoms with E-state index in [0.29, 0.717) is 12.8 Å². The first kappa shape index (κ1) is 14.9. The van der Waals surface area contributed by atoms with Crippen molar-refractivity contribution >= 4 is 5.97 Å². The van der Waals surface area contributed by atoms with Crippen molar-refractivity contribution in [3.8, 4) is 5.75 Å². The molecule has 0 bridgehead atoms. The fourth-order valence-corrected chi connectivity index (χ4v) is 3.45. The molecule has 1 fully saturated rings. The summed E-state index contributed by atoms with van der Waals surface area (Å²) in [5, 5.41) is 19.1. The molecular formula is C16H23NO3. The number of hydrogen-bond donors (Lipinski definition) is 2. The molecule has 4 heteroatoms. The molecular weight excluding hydrogens is 254 g/mol. The van der Waals surface area contributed by atoms with Crippen LogP contribution in [0.25, 0.3) is 0 Å². The predicted octanol–water partition coefficient (Wildman–Crippen LogP) is 3.17. The Morgan fingerprint density at radius 3 is 2.50 bits per heavy atom. The number of rotatable bonds is 5. The Labute approximate surface area is 120 Å². The topological polar surface area (TPSA) is 60.8 Å². The van der Waals surface area contributed by atoms with E-state index in [4.69, 9.17) is 0 Å². The van der Waals surface area contributed by atoms with Crippen LogP contribution in [-0.2, 0) is 4.79 Å². The largest absolute Gasteiger partial charge is 0.508 e. The third-order valence-corrected chi connectivity index (χ3v) is 4.56. The van der Waals surface area contributed by atoms with Crippen molar-refractivity contribution in [1.82, 2.24) is 4.90 Å². The Balaban J connectivity index is 2.35. The average Bonchev–Trinajstić information content (AvgIpc) is 2.87. The zero-order valence-corrected chi connectivity index (χ0v) is 12.2. The van der Waals surface area contributed by atoms with Crippen molar-refractivity contribution in [2.45, 2.75) is 51.1 Å². The number of carbonyl (C=O) groups is 1. The number of phenols is 1. The van der Waals surface area contributed by atoms with Gasteiger partial charge in [0, 0.05) is 6.04 Å². The summed E-state index contributed by atoms with van der Waals surface area (Å²) in [7, 11) is 0. The van der Waals surface area contributed by atoms with Gasteiger partial charge in [-0.3, -0.25) is 9.69 Å². The van der Waals surface area contributed by atoms with Gasteiger partial charge < -0.3 is 10.2 Å². The first-order chi connectivity index (χ1) is 9.55. The van der Waals surface area contributed by atoms with E-state index in [1.807, 2.05) is 19.1 Å². The number of nitrogens with zero attached hydrogens (tertiary/aromatic N) is 1. The summed E-state index contributed by atoms with van der Waals surface area (Å²) in [5.41, 5.74) is 0.338. The second kappa shape index (κ2) is 5.83. The minimum atomic E-state index is -0.738. The second-order valence-electron chi connectivity index (χ2n) is 5.50. The summed E-state index contributed by atoms with van der Waals surface area (Å²) in [4.78, 5) is 13.9. The molecule has 0 aliphatic carbocycles. The summed E-state index contributed by atoms with van der Waals surface area (Å²) < 4.78 is 0. The number of hydrogen-bond acceptors (Lipinski definition) is 3. The summed E-state index contributed by atoms with van der Waals surface area (Å²) >= 11 is 0. The van der Waals surface area contributed by atoms with E-state index < -0.39 is 11.5 Å². The predicted molar refractivity (Wildman–Crippen MR) is 77.7 cm³/mol. The first-order valence-electron chi connectivity index (χ1n) is 7.34. The molecule has 0 amide bonds. The van der Waals surface area contributed by atoms with Gasteiger partial charge in [-0.2, -0.15) is 0 Å².